The second-order valence-electron chi connectivity index (χ2n) is 24.3. The average Bonchev–Trinajstić information content (AvgIpc) is 0.740. The summed E-state index contributed by atoms with van der Waals surface area (Å²) in [6.07, 6.45) is 0. The molecule has 96 heavy (non-hydrogen) atoms. The maximum atomic E-state index is 8.58. The van der Waals surface area contributed by atoms with Crippen molar-refractivity contribution in [1.82, 2.24) is 0 Å². The van der Waals surface area contributed by atoms with Gasteiger partial charge in [-0.1, -0.05) is 328 Å². The minimum Gasteiger partial charge on any atom is -0.537 e. The van der Waals surface area contributed by atoms with E-state index in [1.54, 1.807) is 0 Å². The standard InChI is InChI=1S/C46H30.C30H19Br.C16H12BO2/c1-2-11-31(12-3-1)38-28-24-34-15-10-20-43(44(34)30-38)46-41-18-8-6-16-39(41)45(40-17-7-9-19-42(40)46)35-25-21-33(22-26-35)37-27-23-32-13-4-5-14-36(32)29-37;31-30-26-14-6-4-12-23(26)29(24-13-5-7-15-27(24)30)25-16-8-11-21-17-18-22(19-28(21)25)20-9-2-1-3-10-20;18-17-19-16-9-7-13(8-10-16)15-6-5-12-3-1-2-4-14(12)11-15/h1-30H;1-19H;1-11,18H. The molecule has 18 aromatic carbocycles. The molecule has 0 saturated carbocycles. The monoisotopic (exact) mass is 1290 g/mol. The SMILES string of the molecule is Brc1c2ccccc2c(-c2cccc3ccc(-c4ccccc4)cc23)c2ccccc12.O[B]Oc1ccc(-c2ccc3ccccc3c2)cc1.c1ccc(-c2ccc3cccc(-c4c5ccccc5c(-c5ccc(-c6ccc7ccccc7c6)cc5)c5ccccc45)c3c2)cc1. The average molecular weight is 1290 g/mol. The van der Waals surface area contributed by atoms with Crippen molar-refractivity contribution < 1.29 is 9.68 Å². The van der Waals surface area contributed by atoms with Crippen LogP contribution in [-0.2, 0) is 0 Å². The van der Waals surface area contributed by atoms with E-state index in [1.807, 2.05) is 36.4 Å². The van der Waals surface area contributed by atoms with Crippen LogP contribution in [0.5, 0.6) is 5.75 Å². The van der Waals surface area contributed by atoms with Crippen molar-refractivity contribution in [1.29, 1.82) is 0 Å². The van der Waals surface area contributed by atoms with Gasteiger partial charge in [0.25, 0.3) is 0 Å². The van der Waals surface area contributed by atoms with E-state index in [0.29, 0.717) is 13.4 Å². The molecule has 1 N–H and O–H groups in total. The van der Waals surface area contributed by atoms with Crippen molar-refractivity contribution in [3.05, 3.63) is 368 Å². The lowest BCUT2D eigenvalue weighted by Crippen LogP contribution is -1.99. The molecule has 0 heterocycles. The lowest BCUT2D eigenvalue weighted by atomic mass is 9.84. The highest BCUT2D eigenvalue weighted by Crippen LogP contribution is 2.48. The van der Waals surface area contributed by atoms with Gasteiger partial charge >= 0.3 is 7.69 Å². The molecule has 0 aromatic heterocycles. The first-order valence-corrected chi connectivity index (χ1v) is 33.3. The molecule has 451 valence electrons. The molecule has 0 aliphatic heterocycles. The maximum absolute atomic E-state index is 8.58. The Morgan fingerprint density at radius 3 is 0.917 bits per heavy atom. The first kappa shape index (κ1) is 59.4. The second-order valence-corrected chi connectivity index (χ2v) is 25.1. The molecule has 4 heteroatoms. The minimum absolute atomic E-state index is 0.618. The van der Waals surface area contributed by atoms with Gasteiger partial charge in [0.2, 0.25) is 0 Å². The minimum atomic E-state index is 0.618. The summed E-state index contributed by atoms with van der Waals surface area (Å²) in [6, 6.07) is 130. The van der Waals surface area contributed by atoms with Crippen LogP contribution >= 0.6 is 15.9 Å². The largest absolute Gasteiger partial charge is 0.569 e. The summed E-state index contributed by atoms with van der Waals surface area (Å²) in [5.74, 6) is 0.618. The van der Waals surface area contributed by atoms with Crippen molar-refractivity contribution in [2.75, 3.05) is 0 Å². The van der Waals surface area contributed by atoms with E-state index in [9.17, 15) is 0 Å². The van der Waals surface area contributed by atoms with Crippen molar-refractivity contribution >= 4 is 110 Å². The topological polar surface area (TPSA) is 29.5 Å². The van der Waals surface area contributed by atoms with Gasteiger partial charge in [0.15, 0.2) is 0 Å². The first-order chi connectivity index (χ1) is 47.5. The van der Waals surface area contributed by atoms with Gasteiger partial charge in [0.1, 0.15) is 5.75 Å². The third kappa shape index (κ3) is 11.5. The number of halogens is 1. The number of rotatable bonds is 9. The van der Waals surface area contributed by atoms with Gasteiger partial charge < -0.3 is 9.68 Å². The normalized spacial score (nSPS) is 11.2. The smallest absolute Gasteiger partial charge is 0.537 e. The van der Waals surface area contributed by atoms with Crippen molar-refractivity contribution in [2.24, 2.45) is 0 Å². The fourth-order valence-electron chi connectivity index (χ4n) is 14.1. The zero-order chi connectivity index (χ0) is 64.3. The van der Waals surface area contributed by atoms with E-state index in [-0.39, 0.29) is 0 Å². The van der Waals surface area contributed by atoms with Crippen LogP contribution in [0.1, 0.15) is 0 Å². The van der Waals surface area contributed by atoms with Crippen LogP contribution in [0, 0.1) is 0 Å². The lowest BCUT2D eigenvalue weighted by molar-refractivity contribution is 0.454. The first-order valence-electron chi connectivity index (χ1n) is 32.5. The number of hydrogen-bond acceptors (Lipinski definition) is 2. The summed E-state index contributed by atoms with van der Waals surface area (Å²) in [5, 5.41) is 28.7. The molecule has 0 fully saturated rings. The maximum Gasteiger partial charge on any atom is 0.569 e. The molecule has 18 rings (SSSR count). The Hall–Kier alpha value is -11.7. The van der Waals surface area contributed by atoms with Gasteiger partial charge in [-0.15, -0.1) is 0 Å². The molecule has 0 amide bonds. The van der Waals surface area contributed by atoms with Gasteiger partial charge in [-0.3, -0.25) is 0 Å². The summed E-state index contributed by atoms with van der Waals surface area (Å²) in [6.45, 7) is 0. The second kappa shape index (κ2) is 26.4. The molecule has 0 aliphatic rings. The molecule has 0 bridgehead atoms. The van der Waals surface area contributed by atoms with Crippen LogP contribution in [0.25, 0.3) is 164 Å². The molecule has 0 atom stereocenters. The Morgan fingerprint density at radius 2 is 0.500 bits per heavy atom. The molecule has 0 saturated heterocycles. The molecule has 0 aliphatic carbocycles. The summed E-state index contributed by atoms with van der Waals surface area (Å²) in [4.78, 5) is 0. The van der Waals surface area contributed by atoms with Crippen LogP contribution in [0.3, 0.4) is 0 Å². The quantitative estimate of drug-likeness (QED) is 0.115. The molecule has 0 unspecified atom stereocenters. The molecule has 2 nitrogen and oxygen atoms in total. The highest BCUT2D eigenvalue weighted by molar-refractivity contribution is 9.10. The summed E-state index contributed by atoms with van der Waals surface area (Å²) in [7, 11) is 0.686. The summed E-state index contributed by atoms with van der Waals surface area (Å²) < 4.78 is 6.06. The van der Waals surface area contributed by atoms with Crippen LogP contribution in [0.4, 0.5) is 0 Å². The number of hydrogen-bond donors (Lipinski definition) is 1. The van der Waals surface area contributed by atoms with Crippen molar-refractivity contribution in [2.45, 2.75) is 0 Å². The van der Waals surface area contributed by atoms with Crippen molar-refractivity contribution in [3.8, 4) is 83.6 Å². The highest BCUT2D eigenvalue weighted by atomic mass is 79.9. The third-order valence-corrected chi connectivity index (χ3v) is 19.6. The Kier molecular flexibility index (Phi) is 16.3. The Morgan fingerprint density at radius 1 is 0.208 bits per heavy atom. The Balaban J connectivity index is 0.000000124. The van der Waals surface area contributed by atoms with E-state index in [1.165, 1.54) is 159 Å². The third-order valence-electron chi connectivity index (χ3n) is 18.7. The van der Waals surface area contributed by atoms with E-state index in [0.717, 1.165) is 10.0 Å². The van der Waals surface area contributed by atoms with Crippen LogP contribution < -0.4 is 4.65 Å². The highest BCUT2D eigenvalue weighted by Gasteiger charge is 2.20. The fraction of sp³-hybridized carbons (Fsp3) is 0. The molecule has 18 aromatic rings. The van der Waals surface area contributed by atoms with Gasteiger partial charge in [0.05, 0.1) is 0 Å². The van der Waals surface area contributed by atoms with Gasteiger partial charge in [0, 0.05) is 4.47 Å². The van der Waals surface area contributed by atoms with E-state index in [2.05, 4.69) is 344 Å². The zero-order valence-electron chi connectivity index (χ0n) is 52.5. The van der Waals surface area contributed by atoms with Crippen LogP contribution in [0.15, 0.2) is 368 Å². The van der Waals surface area contributed by atoms with Crippen molar-refractivity contribution in [3.63, 3.8) is 0 Å². The summed E-state index contributed by atoms with van der Waals surface area (Å²) in [5.41, 5.74) is 17.3. The molecule has 1 radical (unpaired) electrons. The molecular formula is C92H61BBrO2. The van der Waals surface area contributed by atoms with E-state index in [4.69, 9.17) is 9.68 Å². The zero-order valence-corrected chi connectivity index (χ0v) is 54.0. The predicted octanol–water partition coefficient (Wildman–Crippen LogP) is 25.6. The Bertz CT molecular complexity index is 5800. The van der Waals surface area contributed by atoms with Crippen LogP contribution in [0.2, 0.25) is 0 Å². The van der Waals surface area contributed by atoms with Gasteiger partial charge in [-0.2, -0.15) is 0 Å². The van der Waals surface area contributed by atoms with E-state index < -0.39 is 0 Å². The molecule has 0 spiro atoms. The number of fused-ring (bicyclic) bond motifs is 8. The number of benzene rings is 18. The van der Waals surface area contributed by atoms with Crippen LogP contribution in [-0.4, -0.2) is 12.7 Å². The molecular weight excluding hydrogens is 1230 g/mol. The Labute approximate surface area is 567 Å². The van der Waals surface area contributed by atoms with E-state index >= 15 is 0 Å². The van der Waals surface area contributed by atoms with Gasteiger partial charge in [-0.05, 0) is 216 Å². The fourth-order valence-corrected chi connectivity index (χ4v) is 14.7. The predicted molar refractivity (Wildman–Crippen MR) is 414 cm³/mol. The van der Waals surface area contributed by atoms with Gasteiger partial charge in [-0.25, -0.2) is 0 Å². The summed E-state index contributed by atoms with van der Waals surface area (Å²) >= 11 is 3.88. The lowest BCUT2D eigenvalue weighted by Gasteiger charge is -2.19.